The van der Waals surface area contributed by atoms with Gasteiger partial charge in [-0.3, -0.25) is 9.59 Å². The second kappa shape index (κ2) is 11.2. The molecule has 0 bridgehead atoms. The SMILES string of the molecule is C#CC1(O)CC2CC[C@@H]3[C@H](CC[C@]4(C)[C@@H](C(C)=O)CC[C@@H]34)[C@@]2(C)C(C23CC[C@H]4[C@@H]5CC[C@H](C(C)=O)[C@@]5(C)CC[C@@H]4[C@@]2(C)CCC(O)(C#C)C3)C1. The van der Waals surface area contributed by atoms with E-state index in [2.05, 4.69) is 39.5 Å². The van der Waals surface area contributed by atoms with Gasteiger partial charge in [-0.15, -0.1) is 12.8 Å². The molecule has 0 aliphatic heterocycles. The van der Waals surface area contributed by atoms with Crippen LogP contribution in [0.25, 0.3) is 0 Å². The van der Waals surface area contributed by atoms with Crippen LogP contribution in [0.5, 0.6) is 0 Å². The normalized spacial score (nSPS) is 58.1. The van der Waals surface area contributed by atoms with E-state index in [1.807, 2.05) is 13.8 Å². The smallest absolute Gasteiger partial charge is 0.133 e. The molecule has 0 amide bonds. The van der Waals surface area contributed by atoms with E-state index in [0.717, 1.165) is 77.0 Å². The lowest BCUT2D eigenvalue weighted by atomic mass is 9.30. The first-order valence-electron chi connectivity index (χ1n) is 20.9. The van der Waals surface area contributed by atoms with Crippen LogP contribution in [0.4, 0.5) is 0 Å². The number of hydrogen-bond donors (Lipinski definition) is 2. The fourth-order valence-electron chi connectivity index (χ4n) is 17.8. The Bertz CT molecular complexity index is 1530. The number of carbonyl (C=O) groups excluding carboxylic acids is 2. The van der Waals surface area contributed by atoms with E-state index < -0.39 is 11.2 Å². The highest BCUT2D eigenvalue weighted by molar-refractivity contribution is 5.80. The molecule has 0 spiro atoms. The van der Waals surface area contributed by atoms with E-state index in [4.69, 9.17) is 12.8 Å². The van der Waals surface area contributed by atoms with Crippen molar-refractivity contribution in [1.29, 1.82) is 0 Å². The molecule has 274 valence electrons. The van der Waals surface area contributed by atoms with E-state index in [-0.39, 0.29) is 44.8 Å². The van der Waals surface area contributed by atoms with Gasteiger partial charge in [0.1, 0.15) is 22.8 Å². The minimum Gasteiger partial charge on any atom is -0.378 e. The van der Waals surface area contributed by atoms with Gasteiger partial charge in [-0.1, -0.05) is 39.5 Å². The van der Waals surface area contributed by atoms with E-state index in [1.54, 1.807) is 0 Å². The van der Waals surface area contributed by atoms with Gasteiger partial charge in [0.2, 0.25) is 0 Å². The second-order valence-electron chi connectivity index (χ2n) is 21.1. The molecule has 0 aromatic rings. The van der Waals surface area contributed by atoms with E-state index >= 15 is 0 Å². The van der Waals surface area contributed by atoms with Gasteiger partial charge in [0.05, 0.1) is 0 Å². The average molecular weight is 683 g/mol. The lowest BCUT2D eigenvalue weighted by Gasteiger charge is -2.74. The zero-order chi connectivity index (χ0) is 35.9. The Kier molecular flexibility index (Phi) is 7.93. The van der Waals surface area contributed by atoms with Crippen LogP contribution < -0.4 is 0 Å². The lowest BCUT2D eigenvalue weighted by molar-refractivity contribution is -0.271. The van der Waals surface area contributed by atoms with Crippen molar-refractivity contribution in [3.05, 3.63) is 0 Å². The lowest BCUT2D eigenvalue weighted by Crippen LogP contribution is -2.70. The van der Waals surface area contributed by atoms with Crippen LogP contribution in [0.3, 0.4) is 0 Å². The minimum atomic E-state index is -1.15. The Morgan fingerprint density at radius 3 is 1.72 bits per heavy atom. The summed E-state index contributed by atoms with van der Waals surface area (Å²) in [6.45, 7) is 13.7. The molecule has 0 aromatic carbocycles. The molecule has 50 heavy (non-hydrogen) atoms. The number of rotatable bonds is 3. The van der Waals surface area contributed by atoms with Crippen LogP contribution in [0, 0.1) is 111 Å². The standard InChI is InChI=1S/C46H66O4/c1-9-44(49)24-23-42(7)37-18-20-40(5)33(28(3)47)14-16-36(40)32(37)17-22-46(42,27-44)39-26-45(50,10-2)25-30-11-12-31-35-15-13-34(29(4)48)41(35,6)21-19-38(31)43(30,39)8/h1-2,30-39,49-50H,11-27H2,3-8H3/t30?,31-,32-,33+,34+,35-,36-,37-,38-,39?,40+,41+,42+,43-,44?,45?,46?/m0/s1. The average Bonchev–Trinajstić information content (AvgIpc) is 3.62. The summed E-state index contributed by atoms with van der Waals surface area (Å²) in [5, 5.41) is 24.6. The summed E-state index contributed by atoms with van der Waals surface area (Å²) in [7, 11) is 0. The van der Waals surface area contributed by atoms with Crippen molar-refractivity contribution in [1.82, 2.24) is 0 Å². The van der Waals surface area contributed by atoms with E-state index in [9.17, 15) is 19.8 Å². The van der Waals surface area contributed by atoms with Crippen LogP contribution in [-0.2, 0) is 9.59 Å². The topological polar surface area (TPSA) is 74.6 Å². The maximum absolute atomic E-state index is 13.0. The number of Topliss-reactive ketones (excluding diaryl/α,β-unsaturated/α-hetero) is 2. The molecule has 0 aromatic heterocycles. The Balaban J connectivity index is 1.24. The van der Waals surface area contributed by atoms with Crippen LogP contribution in [-0.4, -0.2) is 33.0 Å². The highest BCUT2D eigenvalue weighted by Gasteiger charge is 2.74. The second-order valence-corrected chi connectivity index (χ2v) is 21.1. The summed E-state index contributed by atoms with van der Waals surface area (Å²) in [6.07, 6.45) is 29.3. The number of aliphatic hydroxyl groups is 2. The van der Waals surface area contributed by atoms with Gasteiger partial charge in [0, 0.05) is 11.8 Å². The Labute approximate surface area is 303 Å². The highest BCUT2D eigenvalue weighted by Crippen LogP contribution is 2.79. The van der Waals surface area contributed by atoms with Crippen molar-refractivity contribution in [3.63, 3.8) is 0 Å². The van der Waals surface area contributed by atoms with Crippen molar-refractivity contribution in [2.24, 2.45) is 86.3 Å². The summed E-state index contributed by atoms with van der Waals surface area (Å²) < 4.78 is 0. The molecule has 0 radical (unpaired) electrons. The van der Waals surface area contributed by atoms with Crippen LogP contribution in [0.2, 0.25) is 0 Å². The summed E-state index contributed by atoms with van der Waals surface area (Å²) >= 11 is 0. The number of carbonyl (C=O) groups is 2. The number of terminal acetylenes is 2. The van der Waals surface area contributed by atoms with Crippen molar-refractivity contribution < 1.29 is 19.8 Å². The quantitative estimate of drug-likeness (QED) is 0.292. The number of ketones is 2. The zero-order valence-corrected chi connectivity index (χ0v) is 32.2. The molecular weight excluding hydrogens is 617 g/mol. The minimum absolute atomic E-state index is 0.0289. The molecule has 8 aliphatic rings. The molecular formula is C46H66O4. The van der Waals surface area contributed by atoms with E-state index in [1.165, 1.54) is 6.42 Å². The van der Waals surface area contributed by atoms with Crippen molar-refractivity contribution >= 4 is 11.6 Å². The molecule has 0 saturated heterocycles. The van der Waals surface area contributed by atoms with Crippen LogP contribution in [0.1, 0.15) is 151 Å². The first-order chi connectivity index (χ1) is 23.5. The maximum Gasteiger partial charge on any atom is 0.133 e. The van der Waals surface area contributed by atoms with Gasteiger partial charge in [0.15, 0.2) is 0 Å². The van der Waals surface area contributed by atoms with Crippen molar-refractivity contribution in [2.75, 3.05) is 0 Å². The van der Waals surface area contributed by atoms with Gasteiger partial charge in [-0.2, -0.15) is 0 Å². The number of fused-ring (bicyclic) bond motifs is 10. The Hall–Kier alpha value is -1.62. The first-order valence-corrected chi connectivity index (χ1v) is 20.9. The third-order valence-corrected chi connectivity index (χ3v) is 20.0. The van der Waals surface area contributed by atoms with Crippen molar-refractivity contribution in [2.45, 2.75) is 162 Å². The Morgan fingerprint density at radius 1 is 0.600 bits per heavy atom. The maximum atomic E-state index is 13.0. The summed E-state index contributed by atoms with van der Waals surface area (Å²) in [5.74, 6) is 10.9. The molecule has 8 rings (SSSR count). The third kappa shape index (κ3) is 4.40. The zero-order valence-electron chi connectivity index (χ0n) is 32.2. The number of hydrogen-bond acceptors (Lipinski definition) is 4. The molecule has 4 heteroatoms. The summed E-state index contributed by atoms with van der Waals surface area (Å²) in [5.41, 5.74) is -2.43. The molecule has 4 nitrogen and oxygen atoms in total. The monoisotopic (exact) mass is 682 g/mol. The molecule has 5 unspecified atom stereocenters. The third-order valence-electron chi connectivity index (χ3n) is 20.0. The highest BCUT2D eigenvalue weighted by atomic mass is 16.3. The van der Waals surface area contributed by atoms with Gasteiger partial charge in [-0.05, 0) is 197 Å². The Morgan fingerprint density at radius 2 is 1.16 bits per heavy atom. The van der Waals surface area contributed by atoms with Gasteiger partial charge < -0.3 is 10.2 Å². The van der Waals surface area contributed by atoms with Crippen LogP contribution >= 0.6 is 0 Å². The van der Waals surface area contributed by atoms with Crippen LogP contribution in [0.15, 0.2) is 0 Å². The molecule has 2 N–H and O–H groups in total. The largest absolute Gasteiger partial charge is 0.378 e. The van der Waals surface area contributed by atoms with E-state index in [0.29, 0.717) is 78.7 Å². The van der Waals surface area contributed by atoms with Gasteiger partial charge >= 0.3 is 0 Å². The summed E-state index contributed by atoms with van der Waals surface area (Å²) in [4.78, 5) is 25.9. The van der Waals surface area contributed by atoms with Gasteiger partial charge in [-0.25, -0.2) is 0 Å². The fourth-order valence-corrected chi connectivity index (χ4v) is 17.8. The predicted molar refractivity (Wildman–Crippen MR) is 197 cm³/mol. The predicted octanol–water partition coefficient (Wildman–Crippen LogP) is 8.81. The molecule has 8 fully saturated rings. The van der Waals surface area contributed by atoms with Gasteiger partial charge in [0.25, 0.3) is 0 Å². The summed E-state index contributed by atoms with van der Waals surface area (Å²) in [6, 6.07) is 0. The van der Waals surface area contributed by atoms with Crippen molar-refractivity contribution in [3.8, 4) is 24.7 Å². The molecule has 8 aliphatic carbocycles. The first kappa shape index (κ1) is 35.4. The molecule has 0 heterocycles. The molecule has 17 atom stereocenters. The molecule has 8 saturated carbocycles. The fraction of sp³-hybridized carbons (Fsp3) is 0.870.